The fourth-order valence-corrected chi connectivity index (χ4v) is 2.52. The van der Waals surface area contributed by atoms with Crippen molar-refractivity contribution in [2.75, 3.05) is 0 Å². The monoisotopic (exact) mass is 222 g/mol. The van der Waals surface area contributed by atoms with E-state index in [0.717, 1.165) is 12.0 Å². The highest BCUT2D eigenvalue weighted by Crippen LogP contribution is 2.21. The first-order chi connectivity index (χ1) is 6.95. The maximum absolute atomic E-state index is 12.7. The highest BCUT2D eigenvalue weighted by atomic mass is 28.3. The fraction of sp³-hybridized carbons (Fsp3) is 0.385. The second-order valence-corrected chi connectivity index (χ2v) is 9.83. The smallest absolute Gasteiger partial charge is 0.123 e. The number of halogens is 1. The van der Waals surface area contributed by atoms with Gasteiger partial charge in [-0.3, -0.25) is 0 Å². The predicted octanol–water partition coefficient (Wildman–Crippen LogP) is 4.19. The highest BCUT2D eigenvalue weighted by Gasteiger charge is 2.21. The molecule has 0 nitrogen and oxygen atoms in total. The fourth-order valence-electron chi connectivity index (χ4n) is 1.34. The number of hydrogen-bond donors (Lipinski definition) is 0. The first-order valence-electron chi connectivity index (χ1n) is 5.38. The van der Waals surface area contributed by atoms with Gasteiger partial charge in [-0.15, -0.1) is 6.58 Å². The van der Waals surface area contributed by atoms with E-state index in [4.69, 9.17) is 0 Å². The summed E-state index contributed by atoms with van der Waals surface area (Å²) in [7, 11) is -1.27. The Kier molecular flexibility index (Phi) is 3.86. The molecule has 15 heavy (non-hydrogen) atoms. The summed E-state index contributed by atoms with van der Waals surface area (Å²) in [6, 6.07) is 7.95. The maximum atomic E-state index is 12.7. The third kappa shape index (κ3) is 3.31. The number of benzene rings is 1. The first kappa shape index (κ1) is 12.2. The van der Waals surface area contributed by atoms with Gasteiger partial charge in [-0.1, -0.05) is 43.4 Å². The van der Waals surface area contributed by atoms with Crippen LogP contribution >= 0.6 is 0 Å². The second kappa shape index (κ2) is 4.75. The number of rotatable bonds is 4. The number of hydrogen-bond acceptors (Lipinski definition) is 0. The highest BCUT2D eigenvalue weighted by molar-refractivity contribution is 6.84. The van der Waals surface area contributed by atoms with Crippen LogP contribution in [0.2, 0.25) is 19.1 Å². The predicted molar refractivity (Wildman–Crippen MR) is 67.2 cm³/mol. The van der Waals surface area contributed by atoms with E-state index >= 15 is 0 Å². The Morgan fingerprint density at radius 2 is 1.80 bits per heavy atom. The van der Waals surface area contributed by atoms with Gasteiger partial charge in [-0.05, 0) is 24.1 Å². The van der Waals surface area contributed by atoms with Gasteiger partial charge in [0, 0.05) is 0 Å². The summed E-state index contributed by atoms with van der Waals surface area (Å²) in [6.45, 7) is 11.1. The van der Waals surface area contributed by atoms with E-state index in [1.165, 1.54) is 23.4 Å². The van der Waals surface area contributed by atoms with Crippen LogP contribution in [0.5, 0.6) is 0 Å². The molecule has 0 amide bonds. The molecule has 0 aliphatic rings. The lowest BCUT2D eigenvalue weighted by molar-refractivity contribution is 0.627. The van der Waals surface area contributed by atoms with Crippen molar-refractivity contribution in [2.45, 2.75) is 32.5 Å². The van der Waals surface area contributed by atoms with E-state index in [0.29, 0.717) is 0 Å². The van der Waals surface area contributed by atoms with E-state index in [-0.39, 0.29) is 5.82 Å². The zero-order valence-corrected chi connectivity index (χ0v) is 10.8. The van der Waals surface area contributed by atoms with Crippen LogP contribution in [0.4, 0.5) is 4.39 Å². The van der Waals surface area contributed by atoms with E-state index in [2.05, 4.69) is 26.6 Å². The van der Waals surface area contributed by atoms with Gasteiger partial charge < -0.3 is 0 Å². The third-order valence-corrected chi connectivity index (χ3v) is 7.03. The van der Waals surface area contributed by atoms with Crippen LogP contribution in [0.25, 0.3) is 0 Å². The molecule has 1 rings (SSSR count). The van der Waals surface area contributed by atoms with Gasteiger partial charge in [0.25, 0.3) is 0 Å². The topological polar surface area (TPSA) is 0 Å². The zero-order chi connectivity index (χ0) is 11.5. The van der Waals surface area contributed by atoms with Crippen LogP contribution in [0.15, 0.2) is 36.0 Å². The molecule has 0 bridgehead atoms. The zero-order valence-electron chi connectivity index (χ0n) is 9.81. The normalized spacial score (nSPS) is 11.5. The Balaban J connectivity index is 2.71. The van der Waals surface area contributed by atoms with Gasteiger partial charge in [-0.25, -0.2) is 4.39 Å². The lowest BCUT2D eigenvalue weighted by Gasteiger charge is -2.23. The molecule has 0 saturated heterocycles. The molecule has 0 radical (unpaired) electrons. The minimum Gasteiger partial charge on any atom is -0.207 e. The van der Waals surface area contributed by atoms with Crippen LogP contribution in [0.1, 0.15) is 12.5 Å². The molecule has 0 aliphatic heterocycles. The minimum atomic E-state index is -1.27. The van der Waals surface area contributed by atoms with Crippen molar-refractivity contribution in [1.29, 1.82) is 0 Å². The van der Waals surface area contributed by atoms with Crippen LogP contribution < -0.4 is 0 Å². The SMILES string of the molecule is C=C(Cc1ccc(F)cc1)[Si](C)(C)CC. The molecule has 0 fully saturated rings. The van der Waals surface area contributed by atoms with Crippen molar-refractivity contribution in [1.82, 2.24) is 0 Å². The molecule has 2 heteroatoms. The Morgan fingerprint density at radius 3 is 2.27 bits per heavy atom. The molecule has 0 spiro atoms. The summed E-state index contributed by atoms with van der Waals surface area (Å²) < 4.78 is 12.7. The maximum Gasteiger partial charge on any atom is 0.123 e. The van der Waals surface area contributed by atoms with Crippen LogP contribution in [0, 0.1) is 5.82 Å². The van der Waals surface area contributed by atoms with Gasteiger partial charge >= 0.3 is 0 Å². The summed E-state index contributed by atoms with van der Waals surface area (Å²) in [5.74, 6) is -0.170. The van der Waals surface area contributed by atoms with Crippen molar-refractivity contribution in [2.24, 2.45) is 0 Å². The molecule has 1 aromatic rings. The van der Waals surface area contributed by atoms with Gasteiger partial charge in [0.05, 0.1) is 8.07 Å². The van der Waals surface area contributed by atoms with E-state index < -0.39 is 8.07 Å². The molecular weight excluding hydrogens is 203 g/mol. The Morgan fingerprint density at radius 1 is 1.27 bits per heavy atom. The third-order valence-electron chi connectivity index (χ3n) is 3.17. The largest absolute Gasteiger partial charge is 0.207 e. The van der Waals surface area contributed by atoms with Crippen molar-refractivity contribution in [3.63, 3.8) is 0 Å². The van der Waals surface area contributed by atoms with Gasteiger partial charge in [-0.2, -0.15) is 0 Å². The second-order valence-electron chi connectivity index (χ2n) is 4.64. The van der Waals surface area contributed by atoms with Crippen molar-refractivity contribution in [3.8, 4) is 0 Å². The Bertz CT molecular complexity index is 338. The van der Waals surface area contributed by atoms with Gasteiger partial charge in [0.2, 0.25) is 0 Å². The van der Waals surface area contributed by atoms with Gasteiger partial charge in [0.15, 0.2) is 0 Å². The standard InChI is InChI=1S/C13H19FSi/c1-5-15(3,4)11(2)10-12-6-8-13(14)9-7-12/h6-9H,2,5,10H2,1,3-4H3. The van der Waals surface area contributed by atoms with Crippen LogP contribution in [0.3, 0.4) is 0 Å². The van der Waals surface area contributed by atoms with Gasteiger partial charge in [0.1, 0.15) is 5.82 Å². The average Bonchev–Trinajstić information content (AvgIpc) is 2.21. The van der Waals surface area contributed by atoms with Crippen LogP contribution in [-0.4, -0.2) is 8.07 Å². The number of allylic oxidation sites excluding steroid dienone is 1. The lowest BCUT2D eigenvalue weighted by Crippen LogP contribution is -2.28. The summed E-state index contributed by atoms with van der Waals surface area (Å²) in [4.78, 5) is 0. The molecule has 0 heterocycles. The average molecular weight is 222 g/mol. The summed E-state index contributed by atoms with van der Waals surface area (Å²) >= 11 is 0. The minimum absolute atomic E-state index is 0.170. The first-order valence-corrected chi connectivity index (χ1v) is 8.59. The molecular formula is C13H19FSi. The quantitative estimate of drug-likeness (QED) is 0.670. The molecule has 0 saturated carbocycles. The van der Waals surface area contributed by atoms with E-state index in [1.54, 1.807) is 0 Å². The summed E-state index contributed by atoms with van der Waals surface area (Å²) in [6.07, 6.45) is 0.896. The van der Waals surface area contributed by atoms with Crippen molar-refractivity contribution >= 4 is 8.07 Å². The molecule has 0 unspecified atom stereocenters. The van der Waals surface area contributed by atoms with E-state index in [1.807, 2.05) is 12.1 Å². The summed E-state index contributed by atoms with van der Waals surface area (Å²) in [5, 5.41) is 1.34. The molecule has 0 N–H and O–H groups in total. The Labute approximate surface area is 92.8 Å². The molecule has 0 atom stereocenters. The van der Waals surface area contributed by atoms with E-state index in [9.17, 15) is 4.39 Å². The lowest BCUT2D eigenvalue weighted by atomic mass is 10.1. The van der Waals surface area contributed by atoms with Crippen molar-refractivity contribution in [3.05, 3.63) is 47.4 Å². The Hall–Kier alpha value is -0.893. The molecule has 82 valence electrons. The summed E-state index contributed by atoms with van der Waals surface area (Å²) in [5.41, 5.74) is 1.16. The molecule has 1 aromatic carbocycles. The van der Waals surface area contributed by atoms with Crippen LogP contribution in [-0.2, 0) is 6.42 Å². The molecule has 0 aromatic heterocycles. The van der Waals surface area contributed by atoms with Crippen molar-refractivity contribution < 1.29 is 4.39 Å². The molecule has 0 aliphatic carbocycles.